The van der Waals surface area contributed by atoms with Crippen LogP contribution in [0.15, 0.2) is 24.3 Å². The molecule has 106 valence electrons. The van der Waals surface area contributed by atoms with Gasteiger partial charge in [0.2, 0.25) is 0 Å². The second-order valence-corrected chi connectivity index (χ2v) is 4.23. The number of carbonyl (C=O) groups excluding carboxylic acids is 1. The molecule has 0 aromatic heterocycles. The topological polar surface area (TPSA) is 55.1 Å². The van der Waals surface area contributed by atoms with E-state index in [2.05, 4.69) is 5.32 Å². The second-order valence-electron chi connectivity index (χ2n) is 4.23. The summed E-state index contributed by atoms with van der Waals surface area (Å²) in [4.78, 5) is 11.8. The highest BCUT2D eigenvalue weighted by Gasteiger charge is 2.30. The van der Waals surface area contributed by atoms with Crippen molar-refractivity contribution in [3.63, 3.8) is 0 Å². The first kappa shape index (κ1) is 15.5. The van der Waals surface area contributed by atoms with Gasteiger partial charge in [-0.25, -0.2) is 0 Å². The average molecular weight is 274 g/mol. The Balaban J connectivity index is 2.82. The number of amides is 1. The summed E-state index contributed by atoms with van der Waals surface area (Å²) in [7, 11) is 0. The first-order valence-corrected chi connectivity index (χ1v) is 6.06. The van der Waals surface area contributed by atoms with Crippen LogP contribution in [-0.4, -0.2) is 18.5 Å². The molecule has 0 spiro atoms. The molecule has 0 fully saturated rings. The van der Waals surface area contributed by atoms with Crippen molar-refractivity contribution in [3.05, 3.63) is 35.4 Å². The maximum absolute atomic E-state index is 12.5. The molecule has 0 saturated heterocycles. The lowest BCUT2D eigenvalue weighted by Gasteiger charge is -2.16. The van der Waals surface area contributed by atoms with Crippen molar-refractivity contribution in [1.29, 1.82) is 0 Å². The largest absolute Gasteiger partial charge is 0.416 e. The molecule has 1 amide bonds. The van der Waals surface area contributed by atoms with Crippen molar-refractivity contribution >= 4 is 5.91 Å². The predicted molar refractivity (Wildman–Crippen MR) is 66.7 cm³/mol. The third-order valence-electron chi connectivity index (χ3n) is 2.80. The van der Waals surface area contributed by atoms with Crippen molar-refractivity contribution in [1.82, 2.24) is 5.32 Å². The van der Waals surface area contributed by atoms with Crippen molar-refractivity contribution in [3.8, 4) is 0 Å². The number of rotatable bonds is 5. The number of nitrogens with two attached hydrogens (primary N) is 1. The van der Waals surface area contributed by atoms with Gasteiger partial charge in [0.1, 0.15) is 0 Å². The first-order valence-electron chi connectivity index (χ1n) is 6.06. The minimum atomic E-state index is -4.45. The fraction of sp³-hybridized carbons (Fsp3) is 0.462. The van der Waals surface area contributed by atoms with Gasteiger partial charge in [0, 0.05) is 11.6 Å². The lowest BCUT2D eigenvalue weighted by Crippen LogP contribution is -2.36. The van der Waals surface area contributed by atoms with Gasteiger partial charge >= 0.3 is 6.18 Å². The van der Waals surface area contributed by atoms with E-state index < -0.39 is 17.6 Å². The summed E-state index contributed by atoms with van der Waals surface area (Å²) < 4.78 is 37.6. The number of benzene rings is 1. The van der Waals surface area contributed by atoms with Crippen LogP contribution in [0.5, 0.6) is 0 Å². The van der Waals surface area contributed by atoms with Crippen molar-refractivity contribution < 1.29 is 18.0 Å². The van der Waals surface area contributed by atoms with E-state index in [0.717, 1.165) is 12.1 Å². The van der Waals surface area contributed by atoms with Crippen LogP contribution in [0, 0.1) is 0 Å². The summed E-state index contributed by atoms with van der Waals surface area (Å²) in [6.07, 6.45) is -3.17. The maximum Gasteiger partial charge on any atom is 0.416 e. The van der Waals surface area contributed by atoms with Gasteiger partial charge in [-0.1, -0.05) is 13.0 Å². The zero-order chi connectivity index (χ0) is 14.5. The molecule has 3 N–H and O–H groups in total. The number of alkyl halides is 3. The van der Waals surface area contributed by atoms with Gasteiger partial charge < -0.3 is 11.1 Å². The van der Waals surface area contributed by atoms with Gasteiger partial charge in [0.05, 0.1) is 5.56 Å². The van der Waals surface area contributed by atoms with Crippen LogP contribution in [0.2, 0.25) is 0 Å². The fourth-order valence-electron chi connectivity index (χ4n) is 1.69. The summed E-state index contributed by atoms with van der Waals surface area (Å²) in [5.74, 6) is -0.508. The Morgan fingerprint density at radius 2 is 2.11 bits per heavy atom. The minimum Gasteiger partial charge on any atom is -0.349 e. The van der Waals surface area contributed by atoms with Crippen LogP contribution < -0.4 is 11.1 Å². The van der Waals surface area contributed by atoms with Gasteiger partial charge in [-0.05, 0) is 37.6 Å². The van der Waals surface area contributed by atoms with E-state index >= 15 is 0 Å². The van der Waals surface area contributed by atoms with E-state index in [0.29, 0.717) is 19.4 Å². The molecule has 0 heterocycles. The predicted octanol–water partition coefficient (Wildman–Crippen LogP) is 2.56. The van der Waals surface area contributed by atoms with Crippen LogP contribution >= 0.6 is 0 Å². The Kier molecular flexibility index (Phi) is 5.35. The average Bonchev–Trinajstić information content (AvgIpc) is 2.37. The van der Waals surface area contributed by atoms with Gasteiger partial charge in [-0.15, -0.1) is 0 Å². The number of halogens is 3. The van der Waals surface area contributed by atoms with Crippen LogP contribution in [0.3, 0.4) is 0 Å². The number of carbonyl (C=O) groups is 1. The molecule has 0 aliphatic carbocycles. The lowest BCUT2D eigenvalue weighted by molar-refractivity contribution is -0.137. The molecule has 1 aromatic rings. The van der Waals surface area contributed by atoms with Crippen LogP contribution in [0.25, 0.3) is 0 Å². The first-order chi connectivity index (χ1) is 8.88. The van der Waals surface area contributed by atoms with Gasteiger partial charge in [0.25, 0.3) is 5.91 Å². The van der Waals surface area contributed by atoms with E-state index in [4.69, 9.17) is 5.73 Å². The van der Waals surface area contributed by atoms with Crippen molar-refractivity contribution in [2.75, 3.05) is 6.54 Å². The summed E-state index contributed by atoms with van der Waals surface area (Å²) in [5.41, 5.74) is 4.58. The van der Waals surface area contributed by atoms with Gasteiger partial charge in [0.15, 0.2) is 0 Å². The third-order valence-corrected chi connectivity index (χ3v) is 2.80. The Hall–Kier alpha value is -1.56. The van der Waals surface area contributed by atoms with E-state index in [1.165, 1.54) is 12.1 Å². The summed E-state index contributed by atoms with van der Waals surface area (Å²) in [5, 5.41) is 2.68. The van der Waals surface area contributed by atoms with Gasteiger partial charge in [-0.2, -0.15) is 13.2 Å². The molecule has 1 atom stereocenters. The zero-order valence-corrected chi connectivity index (χ0v) is 10.6. The van der Waals surface area contributed by atoms with Crippen molar-refractivity contribution in [2.45, 2.75) is 32.0 Å². The monoisotopic (exact) mass is 274 g/mol. The lowest BCUT2D eigenvalue weighted by atomic mass is 10.1. The van der Waals surface area contributed by atoms with Crippen molar-refractivity contribution in [2.24, 2.45) is 5.73 Å². The SMILES string of the molecule is CCC(CCN)NC(=O)c1cccc(C(F)(F)F)c1. The Labute approximate surface area is 110 Å². The highest BCUT2D eigenvalue weighted by atomic mass is 19.4. The molecule has 0 aliphatic rings. The smallest absolute Gasteiger partial charge is 0.349 e. The standard InChI is InChI=1S/C13H17F3N2O/c1-2-11(6-7-17)18-12(19)9-4-3-5-10(8-9)13(14,15)16/h3-5,8,11H,2,6-7,17H2,1H3,(H,18,19). The Bertz CT molecular complexity index is 432. The molecule has 1 aromatic carbocycles. The molecule has 0 saturated carbocycles. The molecule has 3 nitrogen and oxygen atoms in total. The molecular weight excluding hydrogens is 257 g/mol. The molecule has 19 heavy (non-hydrogen) atoms. The number of hydrogen-bond donors (Lipinski definition) is 2. The summed E-state index contributed by atoms with van der Waals surface area (Å²) in [6.45, 7) is 2.30. The fourth-order valence-corrected chi connectivity index (χ4v) is 1.69. The second kappa shape index (κ2) is 6.56. The molecule has 0 bridgehead atoms. The Morgan fingerprint density at radius 1 is 1.42 bits per heavy atom. The highest BCUT2D eigenvalue weighted by Crippen LogP contribution is 2.29. The van der Waals surface area contributed by atoms with Crippen LogP contribution in [0.1, 0.15) is 35.7 Å². The van der Waals surface area contributed by atoms with E-state index in [1.54, 1.807) is 0 Å². The zero-order valence-electron chi connectivity index (χ0n) is 10.6. The van der Waals surface area contributed by atoms with E-state index in [9.17, 15) is 18.0 Å². The van der Waals surface area contributed by atoms with Gasteiger partial charge in [-0.3, -0.25) is 4.79 Å². The molecule has 0 radical (unpaired) electrons. The van der Waals surface area contributed by atoms with E-state index in [1.807, 2.05) is 6.92 Å². The maximum atomic E-state index is 12.5. The molecule has 0 aliphatic heterocycles. The molecule has 6 heteroatoms. The highest BCUT2D eigenvalue weighted by molar-refractivity contribution is 5.94. The van der Waals surface area contributed by atoms with E-state index in [-0.39, 0.29) is 11.6 Å². The number of hydrogen-bond acceptors (Lipinski definition) is 2. The summed E-state index contributed by atoms with van der Waals surface area (Å²) >= 11 is 0. The van der Waals surface area contributed by atoms with Crippen LogP contribution in [-0.2, 0) is 6.18 Å². The normalized spacial score (nSPS) is 13.1. The quantitative estimate of drug-likeness (QED) is 0.867. The third kappa shape index (κ3) is 4.55. The molecule has 1 unspecified atom stereocenters. The summed E-state index contributed by atoms with van der Waals surface area (Å²) in [6, 6.07) is 4.26. The molecule has 1 rings (SSSR count). The number of nitrogens with one attached hydrogen (secondary N) is 1. The Morgan fingerprint density at radius 3 is 2.63 bits per heavy atom. The molecular formula is C13H17F3N2O. The van der Waals surface area contributed by atoms with Crippen LogP contribution in [0.4, 0.5) is 13.2 Å². The minimum absolute atomic E-state index is 0.00490.